The summed E-state index contributed by atoms with van der Waals surface area (Å²) in [6.07, 6.45) is 0. The Kier molecular flexibility index (Phi) is 2.03. The van der Waals surface area contributed by atoms with Gasteiger partial charge in [-0.25, -0.2) is 0 Å². The monoisotopic (exact) mass is 272 g/mol. The van der Waals surface area contributed by atoms with E-state index in [0.717, 1.165) is 17.9 Å². The molecule has 0 nitrogen and oxygen atoms in total. The molecule has 40 valence electrons. The number of rotatable bonds is 0. The van der Waals surface area contributed by atoms with E-state index in [0.29, 0.717) is 0 Å². The molecule has 1 rings (SSSR count). The van der Waals surface area contributed by atoms with Crippen LogP contribution in [0.5, 0.6) is 0 Å². The van der Waals surface area contributed by atoms with Crippen molar-refractivity contribution in [1.29, 1.82) is 0 Å². The quantitative estimate of drug-likeness (QED) is 0.465. The predicted molar refractivity (Wildman–Crippen MR) is 41.3 cm³/mol. The van der Waals surface area contributed by atoms with E-state index in [1.807, 2.05) is 0 Å². The molecule has 0 saturated carbocycles. The van der Waals surface area contributed by atoms with Gasteiger partial charge < -0.3 is 0 Å². The van der Waals surface area contributed by atoms with Crippen molar-refractivity contribution in [3.05, 3.63) is 9.02 Å². The van der Waals surface area contributed by atoms with Gasteiger partial charge in [0.25, 0.3) is 0 Å². The third-order valence-electron chi connectivity index (χ3n) is 0.825. The van der Waals surface area contributed by atoms with E-state index >= 15 is 0 Å². The molecule has 0 fully saturated rings. The van der Waals surface area contributed by atoms with E-state index in [9.17, 15) is 0 Å². The average Bonchev–Trinajstić information content (AvgIpc) is 1.83. The van der Waals surface area contributed by atoms with Gasteiger partial charge in [-0.15, -0.1) is 0 Å². The van der Waals surface area contributed by atoms with Crippen molar-refractivity contribution in [2.45, 2.75) is 0 Å². The zero-order valence-electron chi connectivity index (χ0n) is 3.63. The average molecular weight is 270 g/mol. The van der Waals surface area contributed by atoms with Gasteiger partial charge in [-0.2, -0.15) is 0 Å². The van der Waals surface area contributed by atoms with Crippen molar-refractivity contribution in [1.82, 2.24) is 0 Å². The van der Waals surface area contributed by atoms with E-state index in [1.54, 1.807) is 0 Å². The van der Waals surface area contributed by atoms with Crippen molar-refractivity contribution < 1.29 is 0 Å². The number of hydrogen-bond donors (Lipinski definition) is 0. The summed E-state index contributed by atoms with van der Waals surface area (Å²) in [5, 5.41) is 0. The van der Waals surface area contributed by atoms with Gasteiger partial charge in [0.15, 0.2) is 0 Å². The first-order valence-corrected chi connectivity index (χ1v) is 4.35. The summed E-state index contributed by atoms with van der Waals surface area (Å²) in [5.41, 5.74) is 0. The molecule has 0 heterocycles. The Morgan fingerprint density at radius 3 is 1.25 bits per heavy atom. The normalized spacial score (nSPS) is 10.0. The molecule has 4 heteroatoms. The number of hydrogen-bond acceptors (Lipinski definition) is 2. The Balaban J connectivity index is 3.48. The third-order valence-corrected chi connectivity index (χ3v) is 4.72. The van der Waals surface area contributed by atoms with E-state index in [2.05, 4.69) is 32.0 Å². The summed E-state index contributed by atoms with van der Waals surface area (Å²) < 4.78 is 3.64. The molecule has 0 atom stereocenters. The first kappa shape index (κ1) is 7.07. The fourth-order valence-corrected chi connectivity index (χ4v) is 2.20. The van der Waals surface area contributed by atoms with Gasteiger partial charge in [0.2, 0.25) is 0 Å². The van der Waals surface area contributed by atoms with Crippen molar-refractivity contribution in [3.8, 4) is 0 Å². The molecule has 0 saturated heterocycles. The van der Waals surface area contributed by atoms with Gasteiger partial charge in [0.05, 0.1) is 0 Å². The van der Waals surface area contributed by atoms with Crippen LogP contribution in [0.4, 0.5) is 0 Å². The van der Waals surface area contributed by atoms with E-state index in [1.165, 1.54) is 0 Å². The zero-order chi connectivity index (χ0) is 6.31. The van der Waals surface area contributed by atoms with E-state index in [-0.39, 0.29) is 0 Å². The molecule has 0 spiro atoms. The molecule has 0 aliphatic rings. The summed E-state index contributed by atoms with van der Waals surface area (Å²) in [5.74, 6) is 0. The second-order valence-corrected chi connectivity index (χ2v) is 3.85. The second kappa shape index (κ2) is 2.30. The molecule has 8 heavy (non-hydrogen) atoms. The standard InChI is InChI=1S/C4S2Se2/c5-1-2(6)4(8)3(1)7. The molecule has 1 aromatic rings. The Morgan fingerprint density at radius 1 is 0.875 bits per heavy atom. The molecule has 0 bridgehead atoms. The molecule has 0 aliphatic heterocycles. The van der Waals surface area contributed by atoms with E-state index < -0.39 is 0 Å². The van der Waals surface area contributed by atoms with Gasteiger partial charge in [-0.1, -0.05) is 0 Å². The Hall–Kier alpha value is 0.959. The summed E-state index contributed by atoms with van der Waals surface area (Å²) in [6.45, 7) is 0. The van der Waals surface area contributed by atoms with Crippen molar-refractivity contribution in [2.24, 2.45) is 0 Å². The van der Waals surface area contributed by atoms with Gasteiger partial charge in [-0.05, 0) is 0 Å². The molecule has 0 amide bonds. The van der Waals surface area contributed by atoms with Crippen LogP contribution in [0, 0.1) is 9.02 Å². The SMILES string of the molecule is S=c1c([Se])c([Se])c1=S. The van der Waals surface area contributed by atoms with Gasteiger partial charge in [-0.3, -0.25) is 0 Å². The molecular formula is C4S2Se2. The van der Waals surface area contributed by atoms with Gasteiger partial charge in [0.1, 0.15) is 0 Å². The van der Waals surface area contributed by atoms with Crippen LogP contribution < -0.4 is 8.92 Å². The van der Waals surface area contributed by atoms with Crippen LogP contribution in [0.1, 0.15) is 0 Å². The molecule has 1 aromatic carbocycles. The van der Waals surface area contributed by atoms with Gasteiger partial charge in [0, 0.05) is 0 Å². The van der Waals surface area contributed by atoms with Crippen LogP contribution in [0.25, 0.3) is 0 Å². The van der Waals surface area contributed by atoms with Crippen LogP contribution >= 0.6 is 24.4 Å². The summed E-state index contributed by atoms with van der Waals surface area (Å²) in [6, 6.07) is 0. The van der Waals surface area contributed by atoms with Gasteiger partial charge >= 0.3 is 74.4 Å². The third kappa shape index (κ3) is 0.859. The van der Waals surface area contributed by atoms with Crippen molar-refractivity contribution in [3.63, 3.8) is 0 Å². The fraction of sp³-hybridized carbons (Fsp3) is 0. The van der Waals surface area contributed by atoms with E-state index in [4.69, 9.17) is 24.4 Å². The molecule has 0 aromatic heterocycles. The van der Waals surface area contributed by atoms with Crippen molar-refractivity contribution in [2.75, 3.05) is 0 Å². The first-order valence-electron chi connectivity index (χ1n) is 1.82. The van der Waals surface area contributed by atoms with Crippen LogP contribution in [0.2, 0.25) is 0 Å². The van der Waals surface area contributed by atoms with Crippen LogP contribution in [-0.4, -0.2) is 32.0 Å². The maximum atomic E-state index is 4.86. The second-order valence-electron chi connectivity index (χ2n) is 1.32. The van der Waals surface area contributed by atoms with Crippen molar-refractivity contribution >= 4 is 65.4 Å². The first-order chi connectivity index (χ1) is 3.64. The summed E-state index contributed by atoms with van der Waals surface area (Å²) in [4.78, 5) is 0. The van der Waals surface area contributed by atoms with Crippen LogP contribution in [-0.2, 0) is 0 Å². The van der Waals surface area contributed by atoms with Crippen LogP contribution in [0.3, 0.4) is 0 Å². The molecule has 0 aliphatic carbocycles. The van der Waals surface area contributed by atoms with Crippen LogP contribution in [0.15, 0.2) is 0 Å². The zero-order valence-corrected chi connectivity index (χ0v) is 8.69. The molecular weight excluding hydrogens is 270 g/mol. The Labute approximate surface area is 74.0 Å². The predicted octanol–water partition coefficient (Wildman–Crippen LogP) is -0.391. The summed E-state index contributed by atoms with van der Waals surface area (Å²) in [7, 11) is 0. The maximum absolute atomic E-state index is 4.86. The molecule has 0 unspecified atom stereocenters. The molecule has 2 radical (unpaired) electrons. The Morgan fingerprint density at radius 2 is 1.12 bits per heavy atom. The fourth-order valence-electron chi connectivity index (χ4n) is 0.350. The molecule has 0 N–H and O–H groups in total. The topological polar surface area (TPSA) is 0 Å². The summed E-state index contributed by atoms with van der Waals surface area (Å²) >= 11 is 15.4. The minimum atomic E-state index is 0.800. The minimum absolute atomic E-state index is 0.800. The Bertz CT molecular complexity index is 252.